The highest BCUT2D eigenvalue weighted by molar-refractivity contribution is 5.90. The number of piperidine rings is 1. The Balaban J connectivity index is 1.33. The SMILES string of the molecule is COc1nc(N[C@@H]2CCN(C3COC3)C[C@@H]2F)nn2cc(F)c(-c3ccc4nc(C)n(CCF)c4c3)c12. The Morgan fingerprint density at radius 1 is 1.24 bits per heavy atom. The number of halogens is 3. The van der Waals surface area contributed by atoms with Gasteiger partial charge in [0, 0.05) is 13.1 Å². The van der Waals surface area contributed by atoms with Crippen molar-refractivity contribution in [2.75, 3.05) is 45.4 Å². The first kappa shape index (κ1) is 24.0. The number of fused-ring (bicyclic) bond motifs is 2. The summed E-state index contributed by atoms with van der Waals surface area (Å²) < 4.78 is 57.3. The summed E-state index contributed by atoms with van der Waals surface area (Å²) in [6.07, 6.45) is 0.722. The van der Waals surface area contributed by atoms with Crippen molar-refractivity contribution in [3.63, 3.8) is 0 Å². The van der Waals surface area contributed by atoms with Gasteiger partial charge in [-0.05, 0) is 31.0 Å². The summed E-state index contributed by atoms with van der Waals surface area (Å²) in [5, 5.41) is 7.51. The van der Waals surface area contributed by atoms with Crippen molar-refractivity contribution in [3.8, 4) is 17.0 Å². The zero-order valence-corrected chi connectivity index (χ0v) is 20.6. The summed E-state index contributed by atoms with van der Waals surface area (Å²) in [7, 11) is 1.45. The fraction of sp³-hybridized carbons (Fsp3) is 0.480. The van der Waals surface area contributed by atoms with Crippen LogP contribution in [0.1, 0.15) is 12.2 Å². The van der Waals surface area contributed by atoms with Gasteiger partial charge in [-0.3, -0.25) is 4.90 Å². The van der Waals surface area contributed by atoms with Crippen molar-refractivity contribution in [2.45, 2.75) is 38.1 Å². The maximum Gasteiger partial charge on any atom is 0.244 e. The van der Waals surface area contributed by atoms with E-state index in [1.807, 2.05) is 6.92 Å². The van der Waals surface area contributed by atoms with E-state index in [1.54, 1.807) is 22.8 Å². The molecule has 2 saturated heterocycles. The number of nitrogens with one attached hydrogen (secondary N) is 1. The first-order valence-electron chi connectivity index (χ1n) is 12.3. The van der Waals surface area contributed by atoms with Gasteiger partial charge in [-0.15, -0.1) is 5.10 Å². The summed E-state index contributed by atoms with van der Waals surface area (Å²) in [4.78, 5) is 11.0. The highest BCUT2D eigenvalue weighted by Crippen LogP contribution is 2.36. The van der Waals surface area contributed by atoms with E-state index in [2.05, 4.69) is 25.3 Å². The lowest BCUT2D eigenvalue weighted by molar-refractivity contribution is -0.0794. The number of anilines is 1. The zero-order valence-electron chi connectivity index (χ0n) is 20.6. The minimum Gasteiger partial charge on any atom is -0.479 e. The van der Waals surface area contributed by atoms with Crippen molar-refractivity contribution in [1.82, 2.24) is 29.0 Å². The molecule has 4 aromatic rings. The highest BCUT2D eigenvalue weighted by Gasteiger charge is 2.36. The van der Waals surface area contributed by atoms with E-state index in [-0.39, 0.29) is 30.0 Å². The minimum absolute atomic E-state index is 0.157. The average Bonchev–Trinajstić information content (AvgIpc) is 3.34. The topological polar surface area (TPSA) is 81.7 Å². The van der Waals surface area contributed by atoms with Crippen LogP contribution in [0.4, 0.5) is 19.1 Å². The number of benzene rings is 1. The van der Waals surface area contributed by atoms with Crippen molar-refractivity contribution in [1.29, 1.82) is 0 Å². The lowest BCUT2D eigenvalue weighted by Gasteiger charge is -2.42. The molecule has 12 heteroatoms. The normalized spacial score (nSPS) is 21.0. The maximum atomic E-state index is 15.3. The lowest BCUT2D eigenvalue weighted by Crippen LogP contribution is -2.57. The molecule has 1 aromatic carbocycles. The van der Waals surface area contributed by atoms with Crippen molar-refractivity contribution < 1.29 is 22.6 Å². The summed E-state index contributed by atoms with van der Waals surface area (Å²) in [5.74, 6) is 0.480. The molecule has 0 aliphatic carbocycles. The van der Waals surface area contributed by atoms with Crippen LogP contribution in [0.25, 0.3) is 27.7 Å². The molecule has 2 atom stereocenters. The molecule has 0 radical (unpaired) electrons. The van der Waals surface area contributed by atoms with E-state index >= 15 is 4.39 Å². The number of rotatable bonds is 7. The van der Waals surface area contributed by atoms with Gasteiger partial charge in [0.1, 0.15) is 24.2 Å². The Bertz CT molecular complexity index is 1450. The number of ether oxygens (including phenoxy) is 2. The molecule has 196 valence electrons. The van der Waals surface area contributed by atoms with Gasteiger partial charge in [0.2, 0.25) is 11.8 Å². The highest BCUT2D eigenvalue weighted by atomic mass is 19.1. The summed E-state index contributed by atoms with van der Waals surface area (Å²) in [6, 6.07) is 5.13. The van der Waals surface area contributed by atoms with Crippen LogP contribution < -0.4 is 10.1 Å². The third-order valence-corrected chi connectivity index (χ3v) is 7.31. The molecule has 2 aliphatic rings. The molecular weight excluding hydrogens is 487 g/mol. The predicted molar refractivity (Wildman–Crippen MR) is 132 cm³/mol. The van der Waals surface area contributed by atoms with E-state index < -0.39 is 24.7 Å². The second kappa shape index (κ2) is 9.49. The van der Waals surface area contributed by atoms with E-state index in [9.17, 15) is 8.78 Å². The van der Waals surface area contributed by atoms with Gasteiger partial charge in [-0.2, -0.15) is 4.98 Å². The van der Waals surface area contributed by atoms with Gasteiger partial charge < -0.3 is 19.4 Å². The summed E-state index contributed by atoms with van der Waals surface area (Å²) in [5.41, 5.74) is 2.57. The quantitative estimate of drug-likeness (QED) is 0.404. The van der Waals surface area contributed by atoms with Crippen LogP contribution in [-0.4, -0.2) is 87.4 Å². The van der Waals surface area contributed by atoms with Gasteiger partial charge >= 0.3 is 0 Å². The van der Waals surface area contributed by atoms with Gasteiger partial charge in [-0.25, -0.2) is 22.7 Å². The molecule has 0 bridgehead atoms. The molecule has 6 rings (SSSR count). The first-order chi connectivity index (χ1) is 18.0. The Morgan fingerprint density at radius 3 is 2.78 bits per heavy atom. The van der Waals surface area contributed by atoms with E-state index in [1.165, 1.54) is 17.8 Å². The van der Waals surface area contributed by atoms with Gasteiger partial charge in [0.15, 0.2) is 5.82 Å². The van der Waals surface area contributed by atoms with E-state index in [0.717, 1.165) is 6.54 Å². The van der Waals surface area contributed by atoms with Crippen LogP contribution in [0.3, 0.4) is 0 Å². The van der Waals surface area contributed by atoms with Crippen LogP contribution in [-0.2, 0) is 11.3 Å². The third-order valence-electron chi connectivity index (χ3n) is 7.31. The molecule has 0 unspecified atom stereocenters. The Hall–Kier alpha value is -3.38. The molecule has 2 fully saturated rings. The second-order valence-electron chi connectivity index (χ2n) is 9.53. The standard InChI is InChI=1S/C25H28F3N7O2/c1-14-29-20-4-3-15(9-21(20)34(14)8-6-26)22-18(28)11-35-23(22)24(36-2)31-25(32-35)30-19-5-7-33(10-17(19)27)16-12-37-13-16/h3-4,9,11,16-17,19H,5-8,10,12-13H2,1-2H3,(H,30,32)/t17-,19+/m0/s1. The van der Waals surface area contributed by atoms with Gasteiger partial charge in [0.05, 0.1) is 61.7 Å². The summed E-state index contributed by atoms with van der Waals surface area (Å²) >= 11 is 0. The van der Waals surface area contributed by atoms with Crippen molar-refractivity contribution >= 4 is 22.5 Å². The number of likely N-dealkylation sites (tertiary alicyclic amines) is 1. The number of imidazole rings is 1. The lowest BCUT2D eigenvalue weighted by atomic mass is 10.0. The number of hydrogen-bond donors (Lipinski definition) is 1. The largest absolute Gasteiger partial charge is 0.479 e. The fourth-order valence-corrected chi connectivity index (χ4v) is 5.29. The van der Waals surface area contributed by atoms with E-state index in [0.29, 0.717) is 54.1 Å². The number of aryl methyl sites for hydroxylation is 2. The molecule has 0 saturated carbocycles. The molecule has 1 N–H and O–H groups in total. The molecular formula is C25H28F3N7O2. The molecule has 0 spiro atoms. The van der Waals surface area contributed by atoms with Crippen LogP contribution >= 0.6 is 0 Å². The van der Waals surface area contributed by atoms with Crippen LogP contribution in [0.5, 0.6) is 5.88 Å². The summed E-state index contributed by atoms with van der Waals surface area (Å²) in [6.45, 7) is 3.79. The maximum absolute atomic E-state index is 15.3. The van der Waals surface area contributed by atoms with Gasteiger partial charge in [-0.1, -0.05) is 6.07 Å². The third kappa shape index (κ3) is 4.17. The van der Waals surface area contributed by atoms with Crippen LogP contribution in [0, 0.1) is 12.7 Å². The Morgan fingerprint density at radius 2 is 2.08 bits per heavy atom. The van der Waals surface area contributed by atoms with E-state index in [4.69, 9.17) is 9.47 Å². The number of hydrogen-bond acceptors (Lipinski definition) is 7. The van der Waals surface area contributed by atoms with Crippen molar-refractivity contribution in [3.05, 3.63) is 36.0 Å². The molecule has 9 nitrogen and oxygen atoms in total. The number of aromatic nitrogens is 5. The van der Waals surface area contributed by atoms with Crippen LogP contribution in [0.15, 0.2) is 24.4 Å². The smallest absolute Gasteiger partial charge is 0.244 e. The number of alkyl halides is 2. The molecule has 37 heavy (non-hydrogen) atoms. The molecule has 2 aliphatic heterocycles. The minimum atomic E-state index is -1.11. The molecule has 3 aromatic heterocycles. The monoisotopic (exact) mass is 515 g/mol. The second-order valence-corrected chi connectivity index (χ2v) is 9.53. The molecule has 0 amide bonds. The Labute approximate surface area is 211 Å². The molecule has 5 heterocycles. The Kier molecular flexibility index (Phi) is 6.15. The fourth-order valence-electron chi connectivity index (χ4n) is 5.29. The first-order valence-corrected chi connectivity index (χ1v) is 12.3. The zero-order chi connectivity index (χ0) is 25.7. The number of methoxy groups -OCH3 is 1. The van der Waals surface area contributed by atoms with Crippen LogP contribution in [0.2, 0.25) is 0 Å². The predicted octanol–water partition coefficient (Wildman–Crippen LogP) is 3.39. The van der Waals surface area contributed by atoms with Crippen molar-refractivity contribution in [2.24, 2.45) is 0 Å². The number of nitrogens with zero attached hydrogens (tertiary/aromatic N) is 6. The van der Waals surface area contributed by atoms with Gasteiger partial charge in [0.25, 0.3) is 0 Å². The average molecular weight is 516 g/mol.